The Labute approximate surface area is 130 Å². The van der Waals surface area contributed by atoms with Crippen LogP contribution >= 0.6 is 11.6 Å². The number of amides is 1. The maximum atomic E-state index is 12.4. The normalized spacial score (nSPS) is 19.3. The maximum Gasteiger partial charge on any atom is 0.253 e. The van der Waals surface area contributed by atoms with Gasteiger partial charge in [-0.25, -0.2) is 4.98 Å². The first kappa shape index (κ1) is 16.0. The fraction of sp³-hybridized carbons (Fsp3) is 0.600. The smallest absolute Gasteiger partial charge is 0.253 e. The number of carbonyl (C=O) groups excluding carboxylic acids is 1. The second-order valence-electron chi connectivity index (χ2n) is 5.29. The minimum atomic E-state index is -0.190. The molecule has 2 atom stereocenters. The fourth-order valence-electron chi connectivity index (χ4n) is 2.34. The van der Waals surface area contributed by atoms with Crippen LogP contribution in [-0.2, 0) is 4.74 Å². The van der Waals surface area contributed by atoms with Crippen LogP contribution in [0.5, 0.6) is 0 Å². The quantitative estimate of drug-likeness (QED) is 0.848. The minimum Gasteiger partial charge on any atom is -0.376 e. The molecule has 1 aliphatic heterocycles. The Morgan fingerprint density at radius 1 is 1.62 bits per heavy atom. The number of hydrogen-bond donors (Lipinski definition) is 2. The van der Waals surface area contributed by atoms with Crippen LogP contribution in [0.15, 0.2) is 12.3 Å². The van der Waals surface area contributed by atoms with Gasteiger partial charge in [0.15, 0.2) is 0 Å². The summed E-state index contributed by atoms with van der Waals surface area (Å²) >= 11 is 6.09. The first-order chi connectivity index (χ1) is 10.1. The third-order valence-electron chi connectivity index (χ3n) is 3.54. The molecule has 2 heterocycles. The number of rotatable bonds is 6. The van der Waals surface area contributed by atoms with Gasteiger partial charge in [0.2, 0.25) is 0 Å². The molecule has 1 aromatic rings. The summed E-state index contributed by atoms with van der Waals surface area (Å²) in [5, 5.41) is 6.46. The highest BCUT2D eigenvalue weighted by Gasteiger charge is 2.24. The fourth-order valence-corrected chi connectivity index (χ4v) is 2.53. The Hall–Kier alpha value is -1.33. The number of aromatic nitrogens is 1. The summed E-state index contributed by atoms with van der Waals surface area (Å²) in [4.78, 5) is 16.5. The molecule has 1 fully saturated rings. The van der Waals surface area contributed by atoms with E-state index >= 15 is 0 Å². The Balaban J connectivity index is 2.03. The zero-order valence-electron chi connectivity index (χ0n) is 12.5. The first-order valence-electron chi connectivity index (χ1n) is 7.43. The molecule has 0 saturated carbocycles. The van der Waals surface area contributed by atoms with Crippen LogP contribution in [0.1, 0.15) is 43.5 Å². The lowest BCUT2D eigenvalue weighted by molar-refractivity contribution is 0.0712. The van der Waals surface area contributed by atoms with Gasteiger partial charge in [-0.2, -0.15) is 0 Å². The van der Waals surface area contributed by atoms with Gasteiger partial charge < -0.3 is 15.4 Å². The van der Waals surface area contributed by atoms with Crippen LogP contribution < -0.4 is 10.6 Å². The van der Waals surface area contributed by atoms with Crippen molar-refractivity contribution in [1.82, 2.24) is 10.3 Å². The van der Waals surface area contributed by atoms with Gasteiger partial charge in [0.05, 0.1) is 22.7 Å². The molecule has 0 radical (unpaired) electrons. The summed E-state index contributed by atoms with van der Waals surface area (Å²) in [6, 6.07) is 1.66. The van der Waals surface area contributed by atoms with Crippen molar-refractivity contribution in [3.05, 3.63) is 22.8 Å². The largest absolute Gasteiger partial charge is 0.376 e. The van der Waals surface area contributed by atoms with Crippen LogP contribution in [0.2, 0.25) is 5.02 Å². The number of hydrogen-bond acceptors (Lipinski definition) is 4. The molecule has 2 unspecified atom stereocenters. The zero-order chi connectivity index (χ0) is 15.2. The third-order valence-corrected chi connectivity index (χ3v) is 3.84. The number of anilines is 1. The molecular weight excluding hydrogens is 290 g/mol. The predicted octanol–water partition coefficient (Wildman–Crippen LogP) is 2.85. The van der Waals surface area contributed by atoms with Crippen LogP contribution in [0.4, 0.5) is 5.82 Å². The zero-order valence-corrected chi connectivity index (χ0v) is 13.2. The average Bonchev–Trinajstić information content (AvgIpc) is 3.00. The van der Waals surface area contributed by atoms with E-state index in [2.05, 4.69) is 22.5 Å². The molecule has 0 bridgehead atoms. The number of halogens is 1. The summed E-state index contributed by atoms with van der Waals surface area (Å²) in [5.74, 6) is 0.473. The summed E-state index contributed by atoms with van der Waals surface area (Å²) < 4.78 is 5.59. The van der Waals surface area contributed by atoms with Crippen molar-refractivity contribution in [3.63, 3.8) is 0 Å². The topological polar surface area (TPSA) is 63.2 Å². The highest BCUT2D eigenvalue weighted by atomic mass is 35.5. The van der Waals surface area contributed by atoms with E-state index in [1.807, 2.05) is 6.92 Å². The van der Waals surface area contributed by atoms with Crippen molar-refractivity contribution in [2.24, 2.45) is 0 Å². The van der Waals surface area contributed by atoms with Crippen molar-refractivity contribution in [2.75, 3.05) is 18.5 Å². The van der Waals surface area contributed by atoms with Gasteiger partial charge in [0, 0.05) is 19.3 Å². The number of ether oxygens (including phenoxy) is 1. The Morgan fingerprint density at radius 2 is 2.43 bits per heavy atom. The van der Waals surface area contributed by atoms with Gasteiger partial charge in [0.1, 0.15) is 5.82 Å². The van der Waals surface area contributed by atoms with E-state index < -0.39 is 0 Å². The van der Waals surface area contributed by atoms with Crippen molar-refractivity contribution in [3.8, 4) is 0 Å². The molecule has 0 spiro atoms. The number of nitrogens with one attached hydrogen (secondary N) is 2. The summed E-state index contributed by atoms with van der Waals surface area (Å²) in [5.41, 5.74) is 0.440. The van der Waals surface area contributed by atoms with Gasteiger partial charge in [0.25, 0.3) is 5.91 Å². The molecule has 1 amide bonds. The lowest BCUT2D eigenvalue weighted by Gasteiger charge is -2.20. The summed E-state index contributed by atoms with van der Waals surface area (Å²) in [7, 11) is 0. The molecule has 5 nitrogen and oxygen atoms in total. The Morgan fingerprint density at radius 3 is 3.10 bits per heavy atom. The molecule has 2 N–H and O–H groups in total. The SMILES string of the molecule is CCCNc1cc(C(=O)NC(C)C2CCCO2)c(Cl)cn1. The molecule has 116 valence electrons. The van der Waals surface area contributed by atoms with Crippen LogP contribution in [0.25, 0.3) is 0 Å². The minimum absolute atomic E-state index is 0.0312. The van der Waals surface area contributed by atoms with E-state index in [9.17, 15) is 4.79 Å². The van der Waals surface area contributed by atoms with E-state index in [0.29, 0.717) is 16.4 Å². The third kappa shape index (κ3) is 4.32. The van der Waals surface area contributed by atoms with Crippen LogP contribution in [0.3, 0.4) is 0 Å². The molecule has 21 heavy (non-hydrogen) atoms. The Kier molecular flexibility index (Phi) is 5.82. The summed E-state index contributed by atoms with van der Waals surface area (Å²) in [6.45, 7) is 5.60. The lowest BCUT2D eigenvalue weighted by Crippen LogP contribution is -2.41. The van der Waals surface area contributed by atoms with Gasteiger partial charge in [-0.15, -0.1) is 0 Å². The standard InChI is InChI=1S/C15H22ClN3O2/c1-3-6-17-14-8-11(12(16)9-18-14)15(20)19-10(2)13-5-4-7-21-13/h8-10,13H,3-7H2,1-2H3,(H,17,18)(H,19,20). The number of nitrogens with zero attached hydrogens (tertiary/aromatic N) is 1. The molecule has 6 heteroatoms. The van der Waals surface area contributed by atoms with E-state index in [4.69, 9.17) is 16.3 Å². The van der Waals surface area contributed by atoms with Gasteiger partial charge in [-0.3, -0.25) is 4.79 Å². The summed E-state index contributed by atoms with van der Waals surface area (Å²) in [6.07, 6.45) is 4.61. The molecule has 0 aliphatic carbocycles. The Bertz CT molecular complexity index is 490. The van der Waals surface area contributed by atoms with Crippen molar-refractivity contribution in [1.29, 1.82) is 0 Å². The lowest BCUT2D eigenvalue weighted by atomic mass is 10.1. The van der Waals surface area contributed by atoms with Gasteiger partial charge in [-0.1, -0.05) is 18.5 Å². The molecule has 0 aromatic carbocycles. The van der Waals surface area contributed by atoms with Crippen molar-refractivity contribution >= 4 is 23.3 Å². The van der Waals surface area contributed by atoms with E-state index in [-0.39, 0.29) is 18.1 Å². The molecule has 1 saturated heterocycles. The molecule has 1 aromatic heterocycles. The number of carbonyl (C=O) groups is 1. The van der Waals surface area contributed by atoms with Crippen LogP contribution in [-0.4, -0.2) is 36.2 Å². The van der Waals surface area contributed by atoms with E-state index in [1.54, 1.807) is 6.07 Å². The van der Waals surface area contributed by atoms with Gasteiger partial charge >= 0.3 is 0 Å². The second-order valence-corrected chi connectivity index (χ2v) is 5.70. The molecule has 2 rings (SSSR count). The molecular formula is C15H22ClN3O2. The maximum absolute atomic E-state index is 12.4. The van der Waals surface area contributed by atoms with Crippen molar-refractivity contribution < 1.29 is 9.53 Å². The van der Waals surface area contributed by atoms with E-state index in [0.717, 1.165) is 32.4 Å². The average molecular weight is 312 g/mol. The molecule has 1 aliphatic rings. The predicted molar refractivity (Wildman–Crippen MR) is 83.9 cm³/mol. The van der Waals surface area contributed by atoms with Gasteiger partial charge in [-0.05, 0) is 32.3 Å². The first-order valence-corrected chi connectivity index (χ1v) is 7.81. The van der Waals surface area contributed by atoms with Crippen molar-refractivity contribution in [2.45, 2.75) is 45.3 Å². The second kappa shape index (κ2) is 7.61. The van der Waals surface area contributed by atoms with E-state index in [1.165, 1.54) is 6.20 Å². The van der Waals surface area contributed by atoms with Crippen LogP contribution in [0, 0.1) is 0 Å². The highest BCUT2D eigenvalue weighted by molar-refractivity contribution is 6.33. The highest BCUT2D eigenvalue weighted by Crippen LogP contribution is 2.20. The monoisotopic (exact) mass is 311 g/mol. The number of pyridine rings is 1.